The summed E-state index contributed by atoms with van der Waals surface area (Å²) in [4.78, 5) is 0. The molecular weight excluding hydrogens is 340 g/mol. The van der Waals surface area contributed by atoms with E-state index in [2.05, 4.69) is 0 Å². The Bertz CT molecular complexity index is 7.61. The van der Waals surface area contributed by atoms with Crippen molar-refractivity contribution in [2.45, 2.75) is 0 Å². The monoisotopic (exact) mass is 350 g/mol. The molecule has 0 unspecified atom stereocenters. The first-order valence-corrected chi connectivity index (χ1v) is 0. The van der Waals surface area contributed by atoms with Crippen LogP contribution >= 0.6 is 0 Å². The summed E-state index contributed by atoms with van der Waals surface area (Å²) in [5.41, 5.74) is 0. The third-order valence-corrected chi connectivity index (χ3v) is 0. The van der Waals surface area contributed by atoms with Crippen molar-refractivity contribution < 1.29 is 9.41 Å². The van der Waals surface area contributed by atoms with E-state index in [4.69, 9.17) is 0 Å². The summed E-state index contributed by atoms with van der Waals surface area (Å²) in [5, 5.41) is 0. The molecule has 0 fully saturated rings. The summed E-state index contributed by atoms with van der Waals surface area (Å²) in [7, 11) is 0. The van der Waals surface area contributed by atoms with E-state index < -0.39 is 0 Å². The predicted octanol–water partition coefficient (Wildman–Crippen LogP) is -2.71. The van der Waals surface area contributed by atoms with E-state index >= 15 is 0 Å². The van der Waals surface area contributed by atoms with Crippen LogP contribution in [-0.4, -0.2) is 115 Å². The Balaban J connectivity index is 0. The average molecular weight is 349 g/mol. The van der Waals surface area contributed by atoms with Gasteiger partial charge in [-0.2, -0.15) is 0 Å². The minimum absolute atomic E-state index is 0. The van der Waals surface area contributed by atoms with Gasteiger partial charge in [0.2, 0.25) is 0 Å². The Morgan fingerprint density at radius 1 is 0.600 bits per heavy atom. The van der Waals surface area contributed by atoms with Gasteiger partial charge in [0.25, 0.3) is 0 Å². The van der Waals surface area contributed by atoms with E-state index in [9.17, 15) is 0 Å². The quantitative estimate of drug-likeness (QED) is 0.418. The first kappa shape index (κ1) is 38.8. The molecule has 5 heteroatoms. The second-order valence-electron chi connectivity index (χ2n) is 0. The van der Waals surface area contributed by atoms with E-state index in [-0.39, 0.29) is 125 Å². The summed E-state index contributed by atoms with van der Waals surface area (Å²) in [6.07, 6.45) is 0. The molecule has 0 aliphatic heterocycles. The summed E-state index contributed by atoms with van der Waals surface area (Å²) in [6, 6.07) is 0. The van der Waals surface area contributed by atoms with Crippen LogP contribution in [0.3, 0.4) is 0 Å². The average Bonchev–Trinajstić information content (AvgIpc) is 0. The standard InChI is InChI=1S/Al.2Ba.2FH.7H/h;;;2*1H;;;;;;;. The van der Waals surface area contributed by atoms with Crippen molar-refractivity contribution in [1.82, 2.24) is 0 Å². The van der Waals surface area contributed by atoms with Crippen molar-refractivity contribution in [1.29, 1.82) is 0 Å². The van der Waals surface area contributed by atoms with Crippen LogP contribution in [0.1, 0.15) is 0 Å². The molecule has 0 saturated carbocycles. The number of rotatable bonds is 0. The normalized spacial score (nSPS) is 0. The van der Waals surface area contributed by atoms with Crippen molar-refractivity contribution >= 4 is 115 Å². The fraction of sp³-hybridized carbons (Fsp3) is 0. The van der Waals surface area contributed by atoms with Crippen molar-refractivity contribution in [3.63, 3.8) is 0 Å². The molecule has 0 aromatic rings. The van der Waals surface area contributed by atoms with E-state index in [1.54, 1.807) is 0 Å². The van der Waals surface area contributed by atoms with Crippen LogP contribution in [0.4, 0.5) is 9.41 Å². The van der Waals surface area contributed by atoms with Gasteiger partial charge >= 0.3 is 97.8 Å². The van der Waals surface area contributed by atoms with Gasteiger partial charge in [-0.15, -0.1) is 0 Å². The van der Waals surface area contributed by atoms with Gasteiger partial charge in [0.1, 0.15) is 0 Å². The van der Waals surface area contributed by atoms with E-state index in [1.165, 1.54) is 0 Å². The van der Waals surface area contributed by atoms with Crippen molar-refractivity contribution in [2.24, 2.45) is 0 Å². The molecule has 0 aromatic carbocycles. The molecule has 0 amide bonds. The topological polar surface area (TPSA) is 0 Å². The maximum absolute atomic E-state index is 0. The van der Waals surface area contributed by atoms with Crippen LogP contribution < -0.4 is 0 Å². The van der Waals surface area contributed by atoms with Crippen molar-refractivity contribution in [3.05, 3.63) is 0 Å². The van der Waals surface area contributed by atoms with Gasteiger partial charge in [-0.05, 0) is 0 Å². The zero-order valence-corrected chi connectivity index (χ0v) is 0.816. The van der Waals surface area contributed by atoms with Gasteiger partial charge in [-0.1, -0.05) is 0 Å². The van der Waals surface area contributed by atoms with E-state index in [0.717, 1.165) is 0 Å². The van der Waals surface area contributed by atoms with Crippen LogP contribution in [0.15, 0.2) is 0 Å². The van der Waals surface area contributed by atoms with Gasteiger partial charge in [0.05, 0.1) is 0 Å². The van der Waals surface area contributed by atoms with Crippen molar-refractivity contribution in [2.75, 3.05) is 0 Å². The Morgan fingerprint density at radius 2 is 0.600 bits per heavy atom. The molecule has 0 atom stereocenters. The zero-order chi connectivity index (χ0) is 0. The molecule has 0 aromatic heterocycles. The van der Waals surface area contributed by atoms with Gasteiger partial charge < -0.3 is 0 Å². The SMILES string of the molecule is F.F.[AlH3].[BaH2].[BaH2]. The van der Waals surface area contributed by atoms with Gasteiger partial charge in [-0.25, -0.2) is 0 Å². The fourth-order valence-electron chi connectivity index (χ4n) is 0. The maximum atomic E-state index is 0. The zero-order valence-electron chi connectivity index (χ0n) is 0.816. The number of halogens is 2. The van der Waals surface area contributed by atoms with Crippen LogP contribution in [0.2, 0.25) is 0 Å². The molecule has 0 spiro atoms. The first-order chi connectivity index (χ1) is 0. The third-order valence-electron chi connectivity index (χ3n) is 0. The molecule has 5 heavy (non-hydrogen) atoms. The van der Waals surface area contributed by atoms with Crippen molar-refractivity contribution in [3.8, 4) is 0 Å². The molecule has 30 valence electrons. The molecule has 0 heterocycles. The molecular formula is H9AlBa2F2. The number of hydrogen-bond acceptors (Lipinski definition) is 0. The molecule has 0 rings (SSSR count). The predicted molar refractivity (Wildman–Crippen MR) is 32.0 cm³/mol. The van der Waals surface area contributed by atoms with Gasteiger partial charge in [0.15, 0.2) is 17.4 Å². The summed E-state index contributed by atoms with van der Waals surface area (Å²) in [5.74, 6) is 0. The second kappa shape index (κ2) is 25.8. The number of hydrogen-bond donors (Lipinski definition) is 0. The Hall–Kier alpha value is 3.54. The molecule has 0 aliphatic rings. The van der Waals surface area contributed by atoms with E-state index in [0.29, 0.717) is 0 Å². The Morgan fingerprint density at radius 3 is 0.600 bits per heavy atom. The van der Waals surface area contributed by atoms with Crippen LogP contribution in [-0.2, 0) is 0 Å². The van der Waals surface area contributed by atoms with Crippen LogP contribution in [0, 0.1) is 0 Å². The first-order valence-electron chi connectivity index (χ1n) is 0. The molecule has 0 radical (unpaired) electrons. The summed E-state index contributed by atoms with van der Waals surface area (Å²) in [6.45, 7) is 0. The summed E-state index contributed by atoms with van der Waals surface area (Å²) < 4.78 is 0. The minimum atomic E-state index is 0. The van der Waals surface area contributed by atoms with Crippen LogP contribution in [0.5, 0.6) is 0 Å². The fourth-order valence-corrected chi connectivity index (χ4v) is 0. The molecule has 0 saturated heterocycles. The second-order valence-corrected chi connectivity index (χ2v) is 0. The van der Waals surface area contributed by atoms with Gasteiger partial charge in [0, 0.05) is 0 Å². The van der Waals surface area contributed by atoms with Crippen LogP contribution in [0.25, 0.3) is 0 Å². The third kappa shape index (κ3) is 18.5. The molecule has 0 bridgehead atoms. The summed E-state index contributed by atoms with van der Waals surface area (Å²) >= 11 is 0. The molecule has 0 N–H and O–H groups in total. The molecule has 0 nitrogen and oxygen atoms in total. The van der Waals surface area contributed by atoms with E-state index in [1.807, 2.05) is 0 Å². The van der Waals surface area contributed by atoms with Gasteiger partial charge in [-0.3, -0.25) is 9.41 Å². The Labute approximate surface area is 121 Å². The Kier molecular flexibility index (Phi) is 200. The molecule has 0 aliphatic carbocycles.